The number of hydrogen-bond acceptors (Lipinski definition) is 6. The molecule has 108 valence electrons. The number of carboxylic acids is 1. The lowest BCUT2D eigenvalue weighted by Crippen LogP contribution is -2.26. The Morgan fingerprint density at radius 1 is 1.50 bits per heavy atom. The monoisotopic (exact) mass is 300 g/mol. The second kappa shape index (κ2) is 5.43. The maximum Gasteiger partial charge on any atom is 0.371 e. The zero-order valence-corrected chi connectivity index (χ0v) is 11.3. The van der Waals surface area contributed by atoms with E-state index in [-0.39, 0.29) is 6.54 Å². The van der Waals surface area contributed by atoms with E-state index in [1.807, 2.05) is 0 Å². The fraction of sp³-hybridized carbons (Fsp3) is 0.300. The van der Waals surface area contributed by atoms with E-state index in [2.05, 4.69) is 14.9 Å². The van der Waals surface area contributed by atoms with Crippen LogP contribution in [0.15, 0.2) is 28.0 Å². The number of furan rings is 1. The molecule has 2 heterocycles. The SMILES string of the molecule is Cn1cnnc1CCNS(=O)(=O)c1ccc(C(=O)O)o1. The lowest BCUT2D eigenvalue weighted by Gasteiger charge is -2.03. The molecular formula is C10H12N4O5S. The van der Waals surface area contributed by atoms with Gasteiger partial charge in [0.05, 0.1) is 0 Å². The van der Waals surface area contributed by atoms with E-state index in [4.69, 9.17) is 9.52 Å². The lowest BCUT2D eigenvalue weighted by atomic mass is 10.4. The van der Waals surface area contributed by atoms with Crippen LogP contribution >= 0.6 is 0 Å². The molecule has 0 aliphatic rings. The van der Waals surface area contributed by atoms with E-state index >= 15 is 0 Å². The Hall–Kier alpha value is -2.20. The van der Waals surface area contributed by atoms with Gasteiger partial charge in [0.1, 0.15) is 12.2 Å². The average molecular weight is 300 g/mol. The Balaban J connectivity index is 2.00. The molecular weight excluding hydrogens is 288 g/mol. The number of nitrogens with zero attached hydrogens (tertiary/aromatic N) is 3. The highest BCUT2D eigenvalue weighted by atomic mass is 32.2. The Labute approximate surface area is 114 Å². The molecule has 0 saturated heterocycles. The largest absolute Gasteiger partial charge is 0.475 e. The molecule has 9 nitrogen and oxygen atoms in total. The summed E-state index contributed by atoms with van der Waals surface area (Å²) in [6.45, 7) is 0.0952. The van der Waals surface area contributed by atoms with E-state index < -0.39 is 26.8 Å². The maximum absolute atomic E-state index is 11.8. The first-order valence-corrected chi connectivity index (χ1v) is 7.04. The van der Waals surface area contributed by atoms with Crippen molar-refractivity contribution >= 4 is 16.0 Å². The number of sulfonamides is 1. The van der Waals surface area contributed by atoms with Crippen LogP contribution in [-0.2, 0) is 23.5 Å². The predicted octanol–water partition coefficient (Wildman–Crippen LogP) is -0.373. The first kappa shape index (κ1) is 14.2. The Kier molecular flexibility index (Phi) is 3.86. The van der Waals surface area contributed by atoms with Crippen LogP contribution in [0.25, 0.3) is 0 Å². The molecule has 0 atom stereocenters. The molecule has 0 bridgehead atoms. The van der Waals surface area contributed by atoms with Crippen molar-refractivity contribution in [2.24, 2.45) is 7.05 Å². The molecule has 2 rings (SSSR count). The molecule has 0 aliphatic carbocycles. The molecule has 0 aromatic carbocycles. The van der Waals surface area contributed by atoms with Crippen LogP contribution in [0.5, 0.6) is 0 Å². The van der Waals surface area contributed by atoms with E-state index in [1.54, 1.807) is 11.6 Å². The van der Waals surface area contributed by atoms with Crippen molar-refractivity contribution in [2.45, 2.75) is 11.5 Å². The van der Waals surface area contributed by atoms with Crippen LogP contribution in [0.1, 0.15) is 16.4 Å². The highest BCUT2D eigenvalue weighted by molar-refractivity contribution is 7.89. The van der Waals surface area contributed by atoms with Crippen molar-refractivity contribution in [3.63, 3.8) is 0 Å². The van der Waals surface area contributed by atoms with Gasteiger partial charge in [-0.3, -0.25) is 0 Å². The molecule has 2 aromatic rings. The van der Waals surface area contributed by atoms with Crippen LogP contribution in [0, 0.1) is 0 Å². The van der Waals surface area contributed by atoms with Gasteiger partial charge in [-0.2, -0.15) is 0 Å². The first-order valence-electron chi connectivity index (χ1n) is 5.56. The molecule has 0 radical (unpaired) electrons. The first-order chi connectivity index (χ1) is 9.40. The van der Waals surface area contributed by atoms with Gasteiger partial charge in [-0.15, -0.1) is 10.2 Å². The Morgan fingerprint density at radius 3 is 2.80 bits per heavy atom. The van der Waals surface area contributed by atoms with E-state index in [0.717, 1.165) is 12.1 Å². The standard InChI is InChI=1S/C10H12N4O5S/c1-14-6-11-13-8(14)4-5-12-20(17,18)9-3-2-7(19-9)10(15)16/h2-3,6,12H,4-5H2,1H3,(H,15,16). The topological polar surface area (TPSA) is 127 Å². The number of aryl methyl sites for hydroxylation is 1. The van der Waals surface area contributed by atoms with Crippen molar-refractivity contribution in [1.29, 1.82) is 0 Å². The van der Waals surface area contributed by atoms with E-state index in [0.29, 0.717) is 12.2 Å². The second-order valence-electron chi connectivity index (χ2n) is 3.93. The molecule has 0 amide bonds. The number of aromatic carboxylic acids is 1. The number of carboxylic acid groups (broad SMARTS) is 1. The average Bonchev–Trinajstić information content (AvgIpc) is 2.99. The van der Waals surface area contributed by atoms with Gasteiger partial charge in [0.25, 0.3) is 10.0 Å². The number of aromatic nitrogens is 3. The van der Waals surface area contributed by atoms with Crippen molar-refractivity contribution in [2.75, 3.05) is 6.54 Å². The van der Waals surface area contributed by atoms with Gasteiger partial charge >= 0.3 is 5.97 Å². The fourth-order valence-corrected chi connectivity index (χ4v) is 2.44. The highest BCUT2D eigenvalue weighted by Crippen LogP contribution is 2.13. The van der Waals surface area contributed by atoms with Crippen molar-refractivity contribution in [1.82, 2.24) is 19.5 Å². The number of nitrogens with one attached hydrogen (secondary N) is 1. The molecule has 0 saturated carbocycles. The molecule has 0 fully saturated rings. The van der Waals surface area contributed by atoms with Crippen LogP contribution in [-0.4, -0.2) is 40.8 Å². The van der Waals surface area contributed by atoms with Crippen molar-refractivity contribution in [3.05, 3.63) is 30.0 Å². The minimum absolute atomic E-state index is 0.0952. The zero-order valence-electron chi connectivity index (χ0n) is 10.5. The van der Waals surface area contributed by atoms with Crippen LogP contribution < -0.4 is 4.72 Å². The minimum Gasteiger partial charge on any atom is -0.475 e. The fourth-order valence-electron chi connectivity index (χ4n) is 1.48. The van der Waals surface area contributed by atoms with Gasteiger partial charge in [-0.1, -0.05) is 0 Å². The van der Waals surface area contributed by atoms with E-state index in [1.165, 1.54) is 6.33 Å². The van der Waals surface area contributed by atoms with Gasteiger partial charge in [0.15, 0.2) is 0 Å². The van der Waals surface area contributed by atoms with Gasteiger partial charge in [0, 0.05) is 20.0 Å². The summed E-state index contributed by atoms with van der Waals surface area (Å²) in [5.41, 5.74) is 0. The van der Waals surface area contributed by atoms with Crippen LogP contribution in [0.3, 0.4) is 0 Å². The second-order valence-corrected chi connectivity index (χ2v) is 5.63. The summed E-state index contributed by atoms with van der Waals surface area (Å²) in [6.07, 6.45) is 1.86. The van der Waals surface area contributed by atoms with E-state index in [9.17, 15) is 13.2 Å². The molecule has 0 aliphatic heterocycles. The molecule has 2 N–H and O–H groups in total. The third-order valence-electron chi connectivity index (χ3n) is 2.50. The molecule has 2 aromatic heterocycles. The van der Waals surface area contributed by atoms with Crippen LogP contribution in [0.2, 0.25) is 0 Å². The number of carbonyl (C=O) groups is 1. The van der Waals surface area contributed by atoms with Gasteiger partial charge < -0.3 is 14.1 Å². The minimum atomic E-state index is -3.88. The molecule has 10 heteroatoms. The molecule has 0 spiro atoms. The third-order valence-corrected chi connectivity index (χ3v) is 3.84. The smallest absolute Gasteiger partial charge is 0.371 e. The summed E-state index contributed by atoms with van der Waals surface area (Å²) >= 11 is 0. The van der Waals surface area contributed by atoms with Gasteiger partial charge in [0.2, 0.25) is 10.9 Å². The predicted molar refractivity (Wildman–Crippen MR) is 65.6 cm³/mol. The summed E-state index contributed by atoms with van der Waals surface area (Å²) in [7, 11) is -2.13. The van der Waals surface area contributed by atoms with Crippen LogP contribution in [0.4, 0.5) is 0 Å². The summed E-state index contributed by atoms with van der Waals surface area (Å²) in [4.78, 5) is 10.6. The van der Waals surface area contributed by atoms with Crippen molar-refractivity contribution < 1.29 is 22.7 Å². The van der Waals surface area contributed by atoms with Gasteiger partial charge in [-0.05, 0) is 12.1 Å². The quantitative estimate of drug-likeness (QED) is 0.744. The Bertz CT molecular complexity index is 718. The zero-order chi connectivity index (χ0) is 14.8. The normalized spacial score (nSPS) is 11.7. The van der Waals surface area contributed by atoms with Gasteiger partial charge in [-0.25, -0.2) is 17.9 Å². The highest BCUT2D eigenvalue weighted by Gasteiger charge is 2.20. The molecule has 0 unspecified atom stereocenters. The lowest BCUT2D eigenvalue weighted by molar-refractivity contribution is 0.0656. The maximum atomic E-state index is 11.8. The molecule has 20 heavy (non-hydrogen) atoms. The van der Waals surface area contributed by atoms with Crippen molar-refractivity contribution in [3.8, 4) is 0 Å². The number of hydrogen-bond donors (Lipinski definition) is 2. The number of rotatable bonds is 6. The summed E-state index contributed by atoms with van der Waals surface area (Å²) < 4.78 is 32.4. The Morgan fingerprint density at radius 2 is 2.25 bits per heavy atom. The summed E-state index contributed by atoms with van der Waals surface area (Å²) in [5, 5.41) is 15.7. The summed E-state index contributed by atoms with van der Waals surface area (Å²) in [5.74, 6) is -1.14. The third kappa shape index (κ3) is 3.03. The summed E-state index contributed by atoms with van der Waals surface area (Å²) in [6, 6.07) is 2.17.